The molecule has 4 rings (SSSR count). The van der Waals surface area contributed by atoms with Gasteiger partial charge in [-0.3, -0.25) is 14.4 Å². The Hall–Kier alpha value is -4.32. The number of cyclic esters (lactones) is 1. The summed E-state index contributed by atoms with van der Waals surface area (Å²) in [6.45, 7) is 9.08. The van der Waals surface area contributed by atoms with Gasteiger partial charge in [0.15, 0.2) is 23.9 Å². The third-order valence-electron chi connectivity index (χ3n) is 6.14. The van der Waals surface area contributed by atoms with Gasteiger partial charge in [0.05, 0.1) is 6.54 Å². The van der Waals surface area contributed by atoms with E-state index in [1.54, 1.807) is 4.90 Å². The van der Waals surface area contributed by atoms with Gasteiger partial charge in [0.25, 0.3) is 0 Å². The van der Waals surface area contributed by atoms with Crippen LogP contribution in [0.25, 0.3) is 11.1 Å². The molecule has 2 N–H and O–H groups in total. The molecule has 12 heteroatoms. The molecule has 12 nitrogen and oxygen atoms in total. The fourth-order valence-corrected chi connectivity index (χ4v) is 4.08. The van der Waals surface area contributed by atoms with E-state index in [4.69, 9.17) is 9.15 Å². The minimum absolute atomic E-state index is 0.0394. The zero-order chi connectivity index (χ0) is 33.1. The van der Waals surface area contributed by atoms with Crippen LogP contribution < -0.4 is 10.6 Å². The lowest BCUT2D eigenvalue weighted by Crippen LogP contribution is -2.35. The number of fused-ring (bicyclic) bond motifs is 1. The minimum atomic E-state index is -0.275. The first-order valence-electron chi connectivity index (χ1n) is 14.9. The van der Waals surface area contributed by atoms with E-state index in [0.29, 0.717) is 37.7 Å². The topological polar surface area (TPSA) is 147 Å². The molecule has 2 amide bonds. The maximum Gasteiger partial charge on any atom is 0.410 e. The fraction of sp³-hybridized carbons (Fsp3) is 0.500. The molecule has 242 valence electrons. The van der Waals surface area contributed by atoms with E-state index in [0.717, 1.165) is 25.1 Å². The normalized spacial score (nSPS) is 12.5. The number of aryl methyl sites for hydroxylation is 1. The Balaban J connectivity index is 0.000000533. The largest absolute Gasteiger partial charge is 0.449 e. The number of aromatic nitrogens is 2. The van der Waals surface area contributed by atoms with Crippen LogP contribution in [0.4, 0.5) is 16.3 Å². The number of carbonyl (C=O) groups is 4. The van der Waals surface area contributed by atoms with Gasteiger partial charge in [-0.15, -0.1) is 0 Å². The fourth-order valence-electron chi connectivity index (χ4n) is 4.08. The van der Waals surface area contributed by atoms with Gasteiger partial charge in [-0.1, -0.05) is 33.3 Å². The van der Waals surface area contributed by atoms with Gasteiger partial charge in [-0.2, -0.15) is 0 Å². The van der Waals surface area contributed by atoms with Crippen LogP contribution in [-0.4, -0.2) is 91.7 Å². The molecule has 0 aromatic carbocycles. The Morgan fingerprint density at radius 3 is 2.34 bits per heavy atom. The maximum atomic E-state index is 12.3. The number of pyridine rings is 2. The standard InChI is InChI=1S/C20H23N3O6.C7H10N2.C3H9N.C2H6/c1-2-14(23-9-10-28-20(23)27)5-3-4-6-17(26)22-19-16(12-25)29-15-8-7-13(11-24)21-18(15)19;1-6-3-4-7(8-2)9-5-6;1-4(2)3;1-2/h7-8,11-12,14H,2-6,9-10H2,1H3,(H,22,26);3-5H,1-2H3,(H,8,9);1-3H3;1-2H3. The van der Waals surface area contributed by atoms with Crippen molar-refractivity contribution < 1.29 is 28.3 Å². The number of nitrogens with one attached hydrogen (secondary N) is 2. The second kappa shape index (κ2) is 20.6. The predicted molar refractivity (Wildman–Crippen MR) is 173 cm³/mol. The van der Waals surface area contributed by atoms with Crippen LogP contribution in [0.2, 0.25) is 0 Å². The third kappa shape index (κ3) is 12.5. The number of hydrogen-bond donors (Lipinski definition) is 2. The molecule has 1 saturated heterocycles. The summed E-state index contributed by atoms with van der Waals surface area (Å²) in [5.41, 5.74) is 2.13. The van der Waals surface area contributed by atoms with E-state index >= 15 is 0 Å². The van der Waals surface area contributed by atoms with Crippen LogP contribution >= 0.6 is 0 Å². The van der Waals surface area contributed by atoms with Crippen molar-refractivity contribution in [1.82, 2.24) is 19.8 Å². The van der Waals surface area contributed by atoms with Crippen LogP contribution in [0.5, 0.6) is 0 Å². The average molecular weight is 613 g/mol. The predicted octanol–water partition coefficient (Wildman–Crippen LogP) is 5.82. The summed E-state index contributed by atoms with van der Waals surface area (Å²) >= 11 is 0. The molecule has 44 heavy (non-hydrogen) atoms. The number of carbonyl (C=O) groups excluding carboxylic acids is 4. The van der Waals surface area contributed by atoms with Crippen LogP contribution in [0.3, 0.4) is 0 Å². The van der Waals surface area contributed by atoms with Crippen molar-refractivity contribution in [3.8, 4) is 0 Å². The zero-order valence-electron chi connectivity index (χ0n) is 27.3. The number of nitrogens with zero attached hydrogens (tertiary/aromatic N) is 4. The van der Waals surface area contributed by atoms with Gasteiger partial charge in [-0.25, -0.2) is 14.8 Å². The number of rotatable bonds is 11. The first-order chi connectivity index (χ1) is 21.1. The molecule has 1 aliphatic rings. The molecule has 0 spiro atoms. The zero-order valence-corrected chi connectivity index (χ0v) is 27.3. The van der Waals surface area contributed by atoms with E-state index in [2.05, 4.69) is 20.6 Å². The Morgan fingerprint density at radius 2 is 1.82 bits per heavy atom. The summed E-state index contributed by atoms with van der Waals surface area (Å²) in [5.74, 6) is 0.603. The van der Waals surface area contributed by atoms with Crippen molar-refractivity contribution in [2.24, 2.45) is 0 Å². The highest BCUT2D eigenvalue weighted by Crippen LogP contribution is 2.29. The van der Waals surface area contributed by atoms with Gasteiger partial charge < -0.3 is 29.6 Å². The second-order valence-electron chi connectivity index (χ2n) is 10.1. The molecule has 1 fully saturated rings. The number of unbranched alkanes of at least 4 members (excludes halogenated alkanes) is 1. The lowest BCUT2D eigenvalue weighted by molar-refractivity contribution is -0.116. The number of anilines is 2. The monoisotopic (exact) mass is 612 g/mol. The first kappa shape index (κ1) is 37.7. The van der Waals surface area contributed by atoms with Crippen LogP contribution in [0.15, 0.2) is 34.9 Å². The van der Waals surface area contributed by atoms with E-state index in [1.165, 1.54) is 17.7 Å². The highest BCUT2D eigenvalue weighted by Gasteiger charge is 2.28. The molecule has 1 aliphatic heterocycles. The highest BCUT2D eigenvalue weighted by atomic mass is 16.6. The van der Waals surface area contributed by atoms with E-state index in [9.17, 15) is 19.2 Å². The van der Waals surface area contributed by atoms with Crippen molar-refractivity contribution >= 4 is 47.2 Å². The van der Waals surface area contributed by atoms with E-state index in [-0.39, 0.29) is 47.1 Å². The SMILES string of the molecule is CC.CCC(CCCCC(=O)Nc1c(C=O)oc2ccc(C=O)nc12)N1CCOC1=O.CN(C)C.CNc1ccc(C)cn1. The van der Waals surface area contributed by atoms with Crippen molar-refractivity contribution in [3.05, 3.63) is 47.5 Å². The molecule has 1 unspecified atom stereocenters. The number of ether oxygens (including phenoxy) is 1. The molecular weight excluding hydrogens is 564 g/mol. The molecule has 0 aliphatic carbocycles. The summed E-state index contributed by atoms with van der Waals surface area (Å²) in [6.07, 6.45) is 5.92. The third-order valence-corrected chi connectivity index (χ3v) is 6.14. The maximum absolute atomic E-state index is 12.3. The van der Waals surface area contributed by atoms with Crippen LogP contribution in [0, 0.1) is 6.92 Å². The van der Waals surface area contributed by atoms with Crippen LogP contribution in [-0.2, 0) is 9.53 Å². The van der Waals surface area contributed by atoms with Crippen molar-refractivity contribution in [3.63, 3.8) is 0 Å². The molecule has 0 saturated carbocycles. The molecular formula is C32H48N6O6. The number of amides is 2. The number of hydrogen-bond acceptors (Lipinski definition) is 10. The smallest absolute Gasteiger partial charge is 0.410 e. The Bertz CT molecular complexity index is 1310. The first-order valence-corrected chi connectivity index (χ1v) is 14.9. The van der Waals surface area contributed by atoms with Crippen molar-refractivity contribution in [2.75, 3.05) is 52.0 Å². The Kier molecular flexibility index (Phi) is 17.6. The quantitative estimate of drug-likeness (QED) is 0.201. The Morgan fingerprint density at radius 1 is 1.11 bits per heavy atom. The summed E-state index contributed by atoms with van der Waals surface area (Å²) in [7, 11) is 7.86. The van der Waals surface area contributed by atoms with Crippen molar-refractivity contribution in [2.45, 2.75) is 65.8 Å². The minimum Gasteiger partial charge on any atom is -0.449 e. The van der Waals surface area contributed by atoms with E-state index < -0.39 is 0 Å². The van der Waals surface area contributed by atoms with Gasteiger partial charge >= 0.3 is 6.09 Å². The summed E-state index contributed by atoms with van der Waals surface area (Å²) in [4.78, 5) is 58.2. The van der Waals surface area contributed by atoms with Gasteiger partial charge in [0.2, 0.25) is 5.91 Å². The second-order valence-corrected chi connectivity index (χ2v) is 10.1. The van der Waals surface area contributed by atoms with E-state index in [1.807, 2.05) is 79.1 Å². The number of aldehydes is 2. The molecule has 1 atom stereocenters. The molecule has 3 aromatic rings. The summed E-state index contributed by atoms with van der Waals surface area (Å²) < 4.78 is 10.4. The molecule has 0 radical (unpaired) electrons. The average Bonchev–Trinajstić information content (AvgIpc) is 3.61. The highest BCUT2D eigenvalue weighted by molar-refractivity contribution is 6.05. The van der Waals surface area contributed by atoms with Crippen molar-refractivity contribution in [1.29, 1.82) is 0 Å². The lowest BCUT2D eigenvalue weighted by atomic mass is 10.0. The van der Waals surface area contributed by atoms with Crippen LogP contribution in [0.1, 0.15) is 79.5 Å². The molecule has 3 aromatic heterocycles. The Labute approximate surface area is 260 Å². The number of furan rings is 1. The summed E-state index contributed by atoms with van der Waals surface area (Å²) in [5, 5.41) is 5.62. The van der Waals surface area contributed by atoms with Gasteiger partial charge in [0, 0.05) is 25.7 Å². The molecule has 0 bridgehead atoms. The van der Waals surface area contributed by atoms with Gasteiger partial charge in [-0.05, 0) is 71.1 Å². The lowest BCUT2D eigenvalue weighted by Gasteiger charge is -2.24. The molecule has 4 heterocycles. The summed E-state index contributed by atoms with van der Waals surface area (Å²) in [6, 6.07) is 7.09. The van der Waals surface area contributed by atoms with Gasteiger partial charge in [0.1, 0.15) is 29.3 Å².